The molecule has 1 aliphatic rings. The quantitative estimate of drug-likeness (QED) is 0.704. The van der Waals surface area contributed by atoms with E-state index in [1.54, 1.807) is 18.2 Å². The second-order valence-electron chi connectivity index (χ2n) is 5.76. The molecule has 144 valence electrons. The molecule has 0 bridgehead atoms. The van der Waals surface area contributed by atoms with E-state index in [0.29, 0.717) is 17.2 Å². The number of hydrogen-bond donors (Lipinski definition) is 2. The molecule has 2 N–H and O–H groups in total. The SMILES string of the molecule is O=C(NNC(=O)[C@H]1CCCN1S(=O)(=O)c1ccc(Cl)s1)c1ccccc1Cl. The summed E-state index contributed by atoms with van der Waals surface area (Å²) in [4.78, 5) is 24.6. The van der Waals surface area contributed by atoms with Gasteiger partial charge in [0.1, 0.15) is 10.3 Å². The Morgan fingerprint density at radius 1 is 1.11 bits per heavy atom. The summed E-state index contributed by atoms with van der Waals surface area (Å²) in [5, 5.41) is 0.240. The van der Waals surface area contributed by atoms with Gasteiger partial charge in [0.25, 0.3) is 21.8 Å². The van der Waals surface area contributed by atoms with Gasteiger partial charge in [-0.25, -0.2) is 8.42 Å². The highest BCUT2D eigenvalue weighted by atomic mass is 35.5. The molecule has 0 spiro atoms. The van der Waals surface area contributed by atoms with Crippen molar-refractivity contribution in [1.82, 2.24) is 15.2 Å². The van der Waals surface area contributed by atoms with Crippen LogP contribution in [-0.4, -0.2) is 37.1 Å². The van der Waals surface area contributed by atoms with Crippen LogP contribution in [0.4, 0.5) is 0 Å². The molecule has 11 heteroatoms. The molecule has 1 aromatic carbocycles. The van der Waals surface area contributed by atoms with Crippen molar-refractivity contribution in [3.63, 3.8) is 0 Å². The molecule has 2 aromatic rings. The van der Waals surface area contributed by atoms with Crippen LogP contribution in [-0.2, 0) is 14.8 Å². The lowest BCUT2D eigenvalue weighted by molar-refractivity contribution is -0.125. The molecule has 27 heavy (non-hydrogen) atoms. The van der Waals surface area contributed by atoms with Crippen LogP contribution < -0.4 is 10.9 Å². The van der Waals surface area contributed by atoms with Gasteiger partial charge in [-0.15, -0.1) is 11.3 Å². The Morgan fingerprint density at radius 3 is 2.52 bits per heavy atom. The number of hydrazine groups is 1. The topological polar surface area (TPSA) is 95.6 Å². The Balaban J connectivity index is 1.69. The first-order chi connectivity index (χ1) is 12.8. The molecular weight excluding hydrogens is 433 g/mol. The molecule has 1 aromatic heterocycles. The van der Waals surface area contributed by atoms with Gasteiger partial charge in [-0.3, -0.25) is 20.4 Å². The number of carbonyl (C=O) groups is 2. The molecule has 0 radical (unpaired) electrons. The fourth-order valence-electron chi connectivity index (χ4n) is 2.76. The van der Waals surface area contributed by atoms with Gasteiger partial charge < -0.3 is 0 Å². The maximum absolute atomic E-state index is 12.8. The van der Waals surface area contributed by atoms with Crippen LogP contribution in [0, 0.1) is 0 Å². The first kappa shape index (κ1) is 20.1. The maximum atomic E-state index is 12.8. The van der Waals surface area contributed by atoms with Crippen LogP contribution in [0.15, 0.2) is 40.6 Å². The second kappa shape index (κ2) is 8.15. The van der Waals surface area contributed by atoms with Crippen molar-refractivity contribution in [3.8, 4) is 0 Å². The highest BCUT2D eigenvalue weighted by Crippen LogP contribution is 2.32. The number of benzene rings is 1. The van der Waals surface area contributed by atoms with E-state index in [1.807, 2.05) is 0 Å². The van der Waals surface area contributed by atoms with Crippen molar-refractivity contribution < 1.29 is 18.0 Å². The molecule has 1 saturated heterocycles. The Morgan fingerprint density at radius 2 is 1.85 bits per heavy atom. The van der Waals surface area contributed by atoms with Crippen molar-refractivity contribution in [2.24, 2.45) is 0 Å². The number of nitrogens with zero attached hydrogens (tertiary/aromatic N) is 1. The molecule has 0 unspecified atom stereocenters. The van der Waals surface area contributed by atoms with Crippen molar-refractivity contribution >= 4 is 56.4 Å². The van der Waals surface area contributed by atoms with Gasteiger partial charge >= 0.3 is 0 Å². The Bertz CT molecular complexity index is 978. The van der Waals surface area contributed by atoms with E-state index in [-0.39, 0.29) is 21.3 Å². The largest absolute Gasteiger partial charge is 0.271 e. The fraction of sp³-hybridized carbons (Fsp3) is 0.250. The smallest absolute Gasteiger partial charge is 0.271 e. The first-order valence-electron chi connectivity index (χ1n) is 7.92. The lowest BCUT2D eigenvalue weighted by Crippen LogP contribution is -2.51. The number of thiophene rings is 1. The first-order valence-corrected chi connectivity index (χ1v) is 10.9. The summed E-state index contributed by atoms with van der Waals surface area (Å²) in [6.07, 6.45) is 0.890. The van der Waals surface area contributed by atoms with E-state index >= 15 is 0 Å². The van der Waals surface area contributed by atoms with Gasteiger partial charge in [-0.2, -0.15) is 4.31 Å². The van der Waals surface area contributed by atoms with Crippen molar-refractivity contribution in [2.75, 3.05) is 6.54 Å². The summed E-state index contributed by atoms with van der Waals surface area (Å²) in [5.74, 6) is -1.20. The van der Waals surface area contributed by atoms with Crippen LogP contribution in [0.5, 0.6) is 0 Å². The minimum absolute atomic E-state index is 0.0762. The van der Waals surface area contributed by atoms with Crippen LogP contribution >= 0.6 is 34.5 Å². The molecule has 1 atom stereocenters. The summed E-state index contributed by atoms with van der Waals surface area (Å²) in [5.41, 5.74) is 4.75. The number of hydrogen-bond acceptors (Lipinski definition) is 5. The molecule has 2 amide bonds. The zero-order valence-electron chi connectivity index (χ0n) is 13.8. The van der Waals surface area contributed by atoms with Crippen LogP contribution in [0.3, 0.4) is 0 Å². The summed E-state index contributed by atoms with van der Waals surface area (Å²) in [6.45, 7) is 0.217. The van der Waals surface area contributed by atoms with E-state index in [1.165, 1.54) is 18.2 Å². The van der Waals surface area contributed by atoms with E-state index < -0.39 is 27.9 Å². The zero-order chi connectivity index (χ0) is 19.6. The predicted molar refractivity (Wildman–Crippen MR) is 103 cm³/mol. The number of nitrogens with one attached hydrogen (secondary N) is 2. The Kier molecular flexibility index (Phi) is 6.07. The average Bonchev–Trinajstić information content (AvgIpc) is 3.29. The van der Waals surface area contributed by atoms with E-state index in [9.17, 15) is 18.0 Å². The minimum atomic E-state index is -3.84. The minimum Gasteiger partial charge on any atom is -0.271 e. The lowest BCUT2D eigenvalue weighted by Gasteiger charge is -2.22. The number of amides is 2. The van der Waals surface area contributed by atoms with E-state index in [4.69, 9.17) is 23.2 Å². The third-order valence-electron chi connectivity index (χ3n) is 4.04. The van der Waals surface area contributed by atoms with Gasteiger partial charge in [0.15, 0.2) is 0 Å². The summed E-state index contributed by atoms with van der Waals surface area (Å²) in [7, 11) is -3.84. The zero-order valence-corrected chi connectivity index (χ0v) is 17.0. The lowest BCUT2D eigenvalue weighted by atomic mass is 10.2. The molecule has 1 aliphatic heterocycles. The molecule has 7 nitrogen and oxygen atoms in total. The highest BCUT2D eigenvalue weighted by molar-refractivity contribution is 7.91. The number of carbonyl (C=O) groups excluding carboxylic acids is 2. The third-order valence-corrected chi connectivity index (χ3v) is 7.97. The maximum Gasteiger partial charge on any atom is 0.271 e. The second-order valence-corrected chi connectivity index (χ2v) is 10.00. The number of sulfonamides is 1. The van der Waals surface area contributed by atoms with Crippen LogP contribution in [0.1, 0.15) is 23.2 Å². The van der Waals surface area contributed by atoms with Crippen molar-refractivity contribution in [2.45, 2.75) is 23.1 Å². The van der Waals surface area contributed by atoms with Gasteiger partial charge in [-0.05, 0) is 37.1 Å². The molecule has 2 heterocycles. The fourth-order valence-corrected chi connectivity index (χ4v) is 6.25. The molecule has 3 rings (SSSR count). The number of rotatable bonds is 4. The van der Waals surface area contributed by atoms with E-state index in [2.05, 4.69) is 10.9 Å². The molecule has 0 aliphatic carbocycles. The van der Waals surface area contributed by atoms with Gasteiger partial charge in [0, 0.05) is 6.54 Å². The Hall–Kier alpha value is -1.65. The van der Waals surface area contributed by atoms with Crippen molar-refractivity contribution in [1.29, 1.82) is 0 Å². The van der Waals surface area contributed by atoms with Gasteiger partial charge in [0.05, 0.1) is 14.9 Å². The standard InChI is InChI=1S/C16H15Cl2N3O4S2/c17-11-5-2-1-4-10(11)15(22)19-20-16(23)12-6-3-9-21(12)27(24,25)14-8-7-13(18)26-14/h1-2,4-5,7-8,12H,3,6,9H2,(H,19,22)(H,20,23)/t12-/m1/s1. The monoisotopic (exact) mass is 447 g/mol. The summed E-state index contributed by atoms with van der Waals surface area (Å²) in [6, 6.07) is 8.37. The normalized spacial score (nSPS) is 17.6. The van der Waals surface area contributed by atoms with Crippen LogP contribution in [0.2, 0.25) is 9.36 Å². The third kappa shape index (κ3) is 4.27. The Labute approximate surface area is 170 Å². The highest BCUT2D eigenvalue weighted by Gasteiger charge is 2.40. The molecule has 0 saturated carbocycles. The molecule has 1 fully saturated rings. The van der Waals surface area contributed by atoms with Crippen LogP contribution in [0.25, 0.3) is 0 Å². The van der Waals surface area contributed by atoms with Gasteiger partial charge in [-0.1, -0.05) is 35.3 Å². The van der Waals surface area contributed by atoms with Crippen molar-refractivity contribution in [3.05, 3.63) is 51.3 Å². The molecular formula is C16H15Cl2N3O4S2. The van der Waals surface area contributed by atoms with E-state index in [0.717, 1.165) is 15.6 Å². The predicted octanol–water partition coefficient (Wildman–Crippen LogP) is 2.67. The summed E-state index contributed by atoms with van der Waals surface area (Å²) >= 11 is 12.7. The number of halogens is 2. The average molecular weight is 448 g/mol. The summed E-state index contributed by atoms with van der Waals surface area (Å²) < 4.78 is 27.1. The van der Waals surface area contributed by atoms with Gasteiger partial charge in [0.2, 0.25) is 0 Å².